The SMILES string of the molecule is CN(C)C(=O)[C@@]1(Cc2cc(C3CCCCC3)no2)CCN(C(=O)CCC2CCCC2)C1. The van der Waals surface area contributed by atoms with E-state index >= 15 is 0 Å². The lowest BCUT2D eigenvalue weighted by molar-refractivity contribution is -0.140. The lowest BCUT2D eigenvalue weighted by atomic mass is 9.80. The van der Waals surface area contributed by atoms with Crippen LogP contribution in [0.5, 0.6) is 0 Å². The van der Waals surface area contributed by atoms with Crippen LogP contribution in [-0.4, -0.2) is 54.0 Å². The lowest BCUT2D eigenvalue weighted by Crippen LogP contribution is -2.44. The predicted molar refractivity (Wildman–Crippen MR) is 120 cm³/mol. The summed E-state index contributed by atoms with van der Waals surface area (Å²) >= 11 is 0. The molecular formula is C25H39N3O3. The number of carbonyl (C=O) groups excluding carboxylic acids is 2. The predicted octanol–water partition coefficient (Wildman–Crippen LogP) is 4.54. The average Bonchev–Trinajstić information content (AvgIpc) is 3.54. The van der Waals surface area contributed by atoms with E-state index in [0.717, 1.165) is 17.9 Å². The van der Waals surface area contributed by atoms with Gasteiger partial charge in [0.15, 0.2) is 0 Å². The zero-order valence-electron chi connectivity index (χ0n) is 19.4. The van der Waals surface area contributed by atoms with Crippen molar-refractivity contribution in [3.05, 3.63) is 17.5 Å². The number of rotatable bonds is 7. The number of aromatic nitrogens is 1. The lowest BCUT2D eigenvalue weighted by Gasteiger charge is -2.30. The van der Waals surface area contributed by atoms with E-state index in [1.54, 1.807) is 4.90 Å². The number of amides is 2. The van der Waals surface area contributed by atoms with Crippen LogP contribution >= 0.6 is 0 Å². The highest BCUT2D eigenvalue weighted by atomic mass is 16.5. The summed E-state index contributed by atoms with van der Waals surface area (Å²) in [6.45, 7) is 1.15. The normalized spacial score (nSPS) is 25.3. The fraction of sp³-hybridized carbons (Fsp3) is 0.800. The molecule has 2 amide bonds. The molecule has 1 saturated heterocycles. The van der Waals surface area contributed by atoms with Crippen LogP contribution < -0.4 is 0 Å². The molecule has 1 aromatic heterocycles. The first kappa shape index (κ1) is 22.3. The topological polar surface area (TPSA) is 66.7 Å². The Morgan fingerprint density at radius 3 is 2.55 bits per heavy atom. The summed E-state index contributed by atoms with van der Waals surface area (Å²) in [5.41, 5.74) is 0.445. The van der Waals surface area contributed by atoms with Crippen LogP contribution in [0, 0.1) is 11.3 Å². The summed E-state index contributed by atoms with van der Waals surface area (Å²) in [6, 6.07) is 2.07. The van der Waals surface area contributed by atoms with Gasteiger partial charge in [0.05, 0.1) is 11.1 Å². The van der Waals surface area contributed by atoms with Gasteiger partial charge in [0.25, 0.3) is 0 Å². The summed E-state index contributed by atoms with van der Waals surface area (Å²) in [4.78, 5) is 29.7. The number of hydrogen-bond acceptors (Lipinski definition) is 4. The number of hydrogen-bond donors (Lipinski definition) is 0. The van der Waals surface area contributed by atoms with Gasteiger partial charge in [-0.3, -0.25) is 9.59 Å². The van der Waals surface area contributed by atoms with Crippen molar-refractivity contribution >= 4 is 11.8 Å². The van der Waals surface area contributed by atoms with Gasteiger partial charge in [-0.05, 0) is 31.6 Å². The Morgan fingerprint density at radius 2 is 1.84 bits per heavy atom. The van der Waals surface area contributed by atoms with Gasteiger partial charge >= 0.3 is 0 Å². The molecule has 1 aliphatic heterocycles. The smallest absolute Gasteiger partial charge is 0.230 e. The summed E-state index contributed by atoms with van der Waals surface area (Å²) in [7, 11) is 3.62. The second kappa shape index (κ2) is 9.74. The molecule has 2 saturated carbocycles. The minimum Gasteiger partial charge on any atom is -0.361 e. The molecule has 0 bridgehead atoms. The Morgan fingerprint density at radius 1 is 1.13 bits per heavy atom. The third kappa shape index (κ3) is 5.15. The van der Waals surface area contributed by atoms with Gasteiger partial charge in [0.2, 0.25) is 11.8 Å². The van der Waals surface area contributed by atoms with Crippen LogP contribution in [0.2, 0.25) is 0 Å². The highest BCUT2D eigenvalue weighted by Crippen LogP contribution is 2.38. The second-order valence-corrected chi connectivity index (χ2v) is 10.5. The van der Waals surface area contributed by atoms with Crippen molar-refractivity contribution in [1.29, 1.82) is 0 Å². The molecule has 1 atom stereocenters. The van der Waals surface area contributed by atoms with Crippen LogP contribution in [0.3, 0.4) is 0 Å². The van der Waals surface area contributed by atoms with Crippen molar-refractivity contribution in [2.45, 2.75) is 89.4 Å². The van der Waals surface area contributed by atoms with Crippen LogP contribution in [0.1, 0.15) is 94.4 Å². The van der Waals surface area contributed by atoms with Crippen LogP contribution in [-0.2, 0) is 16.0 Å². The maximum atomic E-state index is 13.2. The zero-order chi connectivity index (χ0) is 21.8. The second-order valence-electron chi connectivity index (χ2n) is 10.5. The molecule has 6 heteroatoms. The number of nitrogens with zero attached hydrogens (tertiary/aromatic N) is 3. The highest BCUT2D eigenvalue weighted by Gasteiger charge is 2.47. The maximum Gasteiger partial charge on any atom is 0.230 e. The van der Waals surface area contributed by atoms with E-state index in [0.29, 0.717) is 44.2 Å². The van der Waals surface area contributed by atoms with E-state index in [-0.39, 0.29) is 11.8 Å². The molecule has 0 N–H and O–H groups in total. The van der Waals surface area contributed by atoms with E-state index in [4.69, 9.17) is 4.52 Å². The van der Waals surface area contributed by atoms with Gasteiger partial charge in [-0.2, -0.15) is 0 Å². The Labute approximate surface area is 186 Å². The van der Waals surface area contributed by atoms with Gasteiger partial charge in [0.1, 0.15) is 5.76 Å². The molecule has 1 aromatic rings. The molecule has 2 heterocycles. The van der Waals surface area contributed by atoms with Crippen molar-refractivity contribution in [3.8, 4) is 0 Å². The summed E-state index contributed by atoms with van der Waals surface area (Å²) in [6.07, 6.45) is 14.2. The summed E-state index contributed by atoms with van der Waals surface area (Å²) in [5, 5.41) is 4.36. The molecule has 3 fully saturated rings. The van der Waals surface area contributed by atoms with Crippen LogP contribution in [0.15, 0.2) is 10.6 Å². The Balaban J connectivity index is 1.42. The molecule has 6 nitrogen and oxygen atoms in total. The van der Waals surface area contributed by atoms with Gasteiger partial charge in [-0.1, -0.05) is 50.1 Å². The molecule has 0 aromatic carbocycles. The van der Waals surface area contributed by atoms with Crippen molar-refractivity contribution in [1.82, 2.24) is 15.0 Å². The third-order valence-corrected chi connectivity index (χ3v) is 7.92. The fourth-order valence-corrected chi connectivity index (χ4v) is 6.08. The summed E-state index contributed by atoms with van der Waals surface area (Å²) in [5.74, 6) is 2.29. The summed E-state index contributed by atoms with van der Waals surface area (Å²) < 4.78 is 5.72. The Bertz CT molecular complexity index is 762. The fourth-order valence-electron chi connectivity index (χ4n) is 6.08. The quantitative estimate of drug-likeness (QED) is 0.638. The Kier molecular flexibility index (Phi) is 7.02. The first-order valence-electron chi connectivity index (χ1n) is 12.4. The Hall–Kier alpha value is -1.85. The monoisotopic (exact) mass is 429 g/mol. The standard InChI is InChI=1S/C25H39N3O3/c1-27(2)24(30)25(17-21-16-22(26-31-21)20-10-4-3-5-11-20)14-15-28(18-25)23(29)13-12-19-8-6-7-9-19/h16,19-20H,3-15,17-18H2,1-2H3/t25-/m1/s1. The van der Waals surface area contributed by atoms with Crippen LogP contribution in [0.25, 0.3) is 0 Å². The molecule has 31 heavy (non-hydrogen) atoms. The third-order valence-electron chi connectivity index (χ3n) is 7.92. The van der Waals surface area contributed by atoms with Gasteiger partial charge < -0.3 is 14.3 Å². The molecule has 0 radical (unpaired) electrons. The minimum atomic E-state index is -0.601. The number of carbonyl (C=O) groups is 2. The largest absolute Gasteiger partial charge is 0.361 e. The van der Waals surface area contributed by atoms with Gasteiger partial charge in [0, 0.05) is 52.0 Å². The molecule has 3 aliphatic rings. The minimum absolute atomic E-state index is 0.0919. The van der Waals surface area contributed by atoms with Gasteiger partial charge in [-0.15, -0.1) is 0 Å². The first-order valence-corrected chi connectivity index (χ1v) is 12.4. The van der Waals surface area contributed by atoms with E-state index < -0.39 is 5.41 Å². The van der Waals surface area contributed by atoms with E-state index in [1.165, 1.54) is 57.8 Å². The van der Waals surface area contributed by atoms with Crippen molar-refractivity contribution in [2.75, 3.05) is 27.2 Å². The van der Waals surface area contributed by atoms with Crippen molar-refractivity contribution in [3.63, 3.8) is 0 Å². The van der Waals surface area contributed by atoms with E-state index in [9.17, 15) is 9.59 Å². The van der Waals surface area contributed by atoms with E-state index in [2.05, 4.69) is 11.2 Å². The van der Waals surface area contributed by atoms with Crippen LogP contribution in [0.4, 0.5) is 0 Å². The molecule has 172 valence electrons. The first-order chi connectivity index (χ1) is 15.0. The maximum absolute atomic E-state index is 13.2. The molecule has 0 spiro atoms. The van der Waals surface area contributed by atoms with Crippen molar-refractivity contribution in [2.24, 2.45) is 11.3 Å². The molecule has 0 unspecified atom stereocenters. The zero-order valence-corrected chi connectivity index (χ0v) is 19.4. The molecule has 4 rings (SSSR count). The molecule has 2 aliphatic carbocycles. The molecular weight excluding hydrogens is 390 g/mol. The van der Waals surface area contributed by atoms with Gasteiger partial charge in [-0.25, -0.2) is 0 Å². The number of likely N-dealkylation sites (tertiary alicyclic amines) is 1. The highest BCUT2D eigenvalue weighted by molar-refractivity contribution is 5.85. The average molecular weight is 430 g/mol. The van der Waals surface area contributed by atoms with E-state index in [1.807, 2.05) is 19.0 Å². The van der Waals surface area contributed by atoms with Crippen molar-refractivity contribution < 1.29 is 14.1 Å².